The van der Waals surface area contributed by atoms with E-state index in [1.807, 2.05) is 23.0 Å². The third-order valence-electron chi connectivity index (χ3n) is 4.82. The molecule has 0 unspecified atom stereocenters. The fourth-order valence-electron chi connectivity index (χ4n) is 3.41. The van der Waals surface area contributed by atoms with E-state index in [4.69, 9.17) is 9.47 Å². The van der Waals surface area contributed by atoms with Crippen molar-refractivity contribution in [3.63, 3.8) is 0 Å². The Hall–Kier alpha value is -2.79. The van der Waals surface area contributed by atoms with E-state index in [0.29, 0.717) is 19.1 Å². The van der Waals surface area contributed by atoms with Crippen molar-refractivity contribution in [2.75, 3.05) is 13.2 Å². The Morgan fingerprint density at radius 2 is 1.81 bits per heavy atom. The molecule has 3 aromatic rings. The minimum absolute atomic E-state index is 0.242. The maximum absolute atomic E-state index is 5.74. The zero-order valence-electron chi connectivity index (χ0n) is 15.8. The van der Waals surface area contributed by atoms with Gasteiger partial charge < -0.3 is 14.8 Å². The number of hydrogen-bond acceptors (Lipinski definition) is 4. The minimum atomic E-state index is 0.242. The molecule has 0 amide bonds. The molecule has 0 fully saturated rings. The Morgan fingerprint density at radius 3 is 2.52 bits per heavy atom. The minimum Gasteiger partial charge on any atom is -0.486 e. The van der Waals surface area contributed by atoms with Crippen molar-refractivity contribution in [3.05, 3.63) is 72.1 Å². The van der Waals surface area contributed by atoms with Crippen molar-refractivity contribution in [3.8, 4) is 17.2 Å². The number of hydrogen-bond donors (Lipinski definition) is 1. The predicted molar refractivity (Wildman–Crippen MR) is 105 cm³/mol. The van der Waals surface area contributed by atoms with Crippen LogP contribution in [0.3, 0.4) is 0 Å². The highest BCUT2D eigenvalue weighted by Crippen LogP contribution is 2.34. The van der Waals surface area contributed by atoms with E-state index in [2.05, 4.69) is 60.7 Å². The fourth-order valence-corrected chi connectivity index (χ4v) is 3.41. The van der Waals surface area contributed by atoms with Gasteiger partial charge in [-0.15, -0.1) is 0 Å². The maximum atomic E-state index is 5.74. The molecule has 1 atom stereocenters. The van der Waals surface area contributed by atoms with Crippen LogP contribution in [0.2, 0.25) is 0 Å². The molecule has 5 nitrogen and oxygen atoms in total. The van der Waals surface area contributed by atoms with Crippen LogP contribution in [0.1, 0.15) is 31.0 Å². The molecule has 1 aliphatic heterocycles. The van der Waals surface area contributed by atoms with Crippen LogP contribution in [0, 0.1) is 5.92 Å². The van der Waals surface area contributed by atoms with Gasteiger partial charge in [-0.05, 0) is 47.4 Å². The third-order valence-corrected chi connectivity index (χ3v) is 4.82. The van der Waals surface area contributed by atoms with E-state index >= 15 is 0 Å². The van der Waals surface area contributed by atoms with Crippen molar-refractivity contribution >= 4 is 0 Å². The molecule has 27 heavy (non-hydrogen) atoms. The number of fused-ring (bicyclic) bond motifs is 1. The van der Waals surface area contributed by atoms with Gasteiger partial charge in [0.25, 0.3) is 0 Å². The van der Waals surface area contributed by atoms with Gasteiger partial charge >= 0.3 is 0 Å². The van der Waals surface area contributed by atoms with Gasteiger partial charge in [0, 0.05) is 25.0 Å². The first-order chi connectivity index (χ1) is 13.2. The normalized spacial score (nSPS) is 14.3. The van der Waals surface area contributed by atoms with E-state index < -0.39 is 0 Å². The van der Waals surface area contributed by atoms with Gasteiger partial charge in [-0.3, -0.25) is 0 Å². The second-order valence-electron chi connectivity index (χ2n) is 7.12. The summed E-state index contributed by atoms with van der Waals surface area (Å²) < 4.78 is 13.2. The van der Waals surface area contributed by atoms with Gasteiger partial charge in [-0.1, -0.05) is 32.0 Å². The third kappa shape index (κ3) is 3.98. The second-order valence-corrected chi connectivity index (χ2v) is 7.12. The Bertz CT molecular complexity index is 873. The average Bonchev–Trinajstić information content (AvgIpc) is 3.23. The summed E-state index contributed by atoms with van der Waals surface area (Å²) in [6, 6.07) is 16.9. The summed E-state index contributed by atoms with van der Waals surface area (Å²) in [4.78, 5) is 0. The lowest BCUT2D eigenvalue weighted by Gasteiger charge is -2.25. The summed E-state index contributed by atoms with van der Waals surface area (Å²) >= 11 is 0. The maximum Gasteiger partial charge on any atom is 0.161 e. The SMILES string of the molecule is CC(C)[C@@H](NCc1ccc(-n2cccn2)cc1)c1ccc2c(c1)OCCO2. The quantitative estimate of drug-likeness (QED) is 0.715. The molecule has 0 aliphatic carbocycles. The van der Waals surface area contributed by atoms with Gasteiger partial charge in [0.2, 0.25) is 0 Å². The molecule has 2 aromatic carbocycles. The molecule has 1 N–H and O–H groups in total. The van der Waals surface area contributed by atoms with Crippen molar-refractivity contribution in [1.29, 1.82) is 0 Å². The summed E-state index contributed by atoms with van der Waals surface area (Å²) in [5, 5.41) is 7.96. The Kier molecular flexibility index (Phi) is 5.12. The predicted octanol–water partition coefficient (Wildman–Crippen LogP) is 4.13. The molecule has 0 bridgehead atoms. The lowest BCUT2D eigenvalue weighted by molar-refractivity contribution is 0.171. The number of benzene rings is 2. The highest BCUT2D eigenvalue weighted by Gasteiger charge is 2.19. The van der Waals surface area contributed by atoms with Crippen LogP contribution in [0.15, 0.2) is 60.9 Å². The highest BCUT2D eigenvalue weighted by atomic mass is 16.6. The first-order valence-corrected chi connectivity index (χ1v) is 9.42. The zero-order chi connectivity index (χ0) is 18.6. The fraction of sp³-hybridized carbons (Fsp3) is 0.318. The molecular formula is C22H25N3O2. The van der Waals surface area contributed by atoms with E-state index in [-0.39, 0.29) is 6.04 Å². The van der Waals surface area contributed by atoms with Crippen LogP contribution in [0.25, 0.3) is 5.69 Å². The van der Waals surface area contributed by atoms with Crippen LogP contribution in [-0.2, 0) is 6.54 Å². The molecule has 5 heteroatoms. The lowest BCUT2D eigenvalue weighted by atomic mass is 9.95. The molecule has 4 rings (SSSR count). The lowest BCUT2D eigenvalue weighted by Crippen LogP contribution is -2.25. The van der Waals surface area contributed by atoms with E-state index in [9.17, 15) is 0 Å². The van der Waals surface area contributed by atoms with Crippen molar-refractivity contribution in [1.82, 2.24) is 15.1 Å². The smallest absolute Gasteiger partial charge is 0.161 e. The highest BCUT2D eigenvalue weighted by molar-refractivity contribution is 5.45. The summed E-state index contributed by atoms with van der Waals surface area (Å²) in [5.41, 5.74) is 3.53. The number of ether oxygens (including phenoxy) is 2. The first-order valence-electron chi connectivity index (χ1n) is 9.42. The second kappa shape index (κ2) is 7.84. The van der Waals surface area contributed by atoms with Crippen molar-refractivity contribution in [2.24, 2.45) is 5.92 Å². The Balaban J connectivity index is 1.46. The Labute approximate surface area is 159 Å². The topological polar surface area (TPSA) is 48.3 Å². The average molecular weight is 363 g/mol. The standard InChI is InChI=1S/C22H25N3O2/c1-16(2)22(18-6-9-20-21(14-18)27-13-12-26-20)23-15-17-4-7-19(8-5-17)25-11-3-10-24-25/h3-11,14,16,22-23H,12-13,15H2,1-2H3/t22-/m1/s1. The van der Waals surface area contributed by atoms with Crippen LogP contribution in [0.5, 0.6) is 11.5 Å². The molecule has 1 aliphatic rings. The summed E-state index contributed by atoms with van der Waals surface area (Å²) in [6.45, 7) is 6.49. The van der Waals surface area contributed by atoms with Gasteiger partial charge in [0.05, 0.1) is 5.69 Å². The van der Waals surface area contributed by atoms with Crippen molar-refractivity contribution in [2.45, 2.75) is 26.4 Å². The molecular weight excluding hydrogens is 338 g/mol. The molecule has 0 radical (unpaired) electrons. The molecule has 2 heterocycles. The molecule has 0 saturated heterocycles. The van der Waals surface area contributed by atoms with Crippen LogP contribution in [-0.4, -0.2) is 23.0 Å². The number of nitrogens with zero attached hydrogens (tertiary/aromatic N) is 2. The van der Waals surface area contributed by atoms with Gasteiger partial charge in [0.1, 0.15) is 13.2 Å². The van der Waals surface area contributed by atoms with Gasteiger partial charge in [-0.25, -0.2) is 4.68 Å². The Morgan fingerprint density at radius 1 is 1.04 bits per heavy atom. The van der Waals surface area contributed by atoms with Crippen LogP contribution < -0.4 is 14.8 Å². The molecule has 0 spiro atoms. The first kappa shape index (κ1) is 17.6. The summed E-state index contributed by atoms with van der Waals surface area (Å²) in [7, 11) is 0. The number of nitrogens with one attached hydrogen (secondary N) is 1. The summed E-state index contributed by atoms with van der Waals surface area (Å²) in [6.07, 6.45) is 3.74. The zero-order valence-corrected chi connectivity index (χ0v) is 15.8. The van der Waals surface area contributed by atoms with E-state index in [1.165, 1.54) is 11.1 Å². The van der Waals surface area contributed by atoms with Gasteiger partial charge in [0.15, 0.2) is 11.5 Å². The molecule has 0 saturated carbocycles. The van der Waals surface area contributed by atoms with Crippen molar-refractivity contribution < 1.29 is 9.47 Å². The van der Waals surface area contributed by atoms with Crippen LogP contribution in [0.4, 0.5) is 0 Å². The molecule has 140 valence electrons. The summed E-state index contributed by atoms with van der Waals surface area (Å²) in [5.74, 6) is 2.13. The number of rotatable bonds is 6. The number of aromatic nitrogens is 2. The van der Waals surface area contributed by atoms with E-state index in [1.54, 1.807) is 6.20 Å². The van der Waals surface area contributed by atoms with E-state index in [0.717, 1.165) is 23.7 Å². The van der Waals surface area contributed by atoms with Crippen LogP contribution >= 0.6 is 0 Å². The largest absolute Gasteiger partial charge is 0.486 e. The monoisotopic (exact) mass is 363 g/mol. The van der Waals surface area contributed by atoms with Gasteiger partial charge in [-0.2, -0.15) is 5.10 Å². The molecule has 1 aromatic heterocycles.